The molecule has 2 aromatic heterocycles. The molecular weight excluding hydrogens is 258 g/mol. The molecule has 0 radical (unpaired) electrons. The van der Waals surface area contributed by atoms with Crippen LogP contribution in [0.25, 0.3) is 11.0 Å². The molecule has 0 amide bonds. The summed E-state index contributed by atoms with van der Waals surface area (Å²) in [6, 6.07) is 1.76. The molecule has 0 atom stereocenters. The number of H-pyrrole nitrogens is 1. The number of fused-ring (bicyclic) bond motifs is 1. The van der Waals surface area contributed by atoms with Crippen LogP contribution in [0.5, 0.6) is 0 Å². The maximum absolute atomic E-state index is 12.9. The van der Waals surface area contributed by atoms with Crippen molar-refractivity contribution in [1.82, 2.24) is 9.97 Å². The minimum absolute atomic E-state index is 0.244. The standard InChI is InChI=1S/C7H4FIN2/c8-6-3-11-7-5(6)1-4(9)2-10-7/h1-3H,(H,10,11). The van der Waals surface area contributed by atoms with E-state index < -0.39 is 0 Å². The van der Waals surface area contributed by atoms with Gasteiger partial charge in [-0.05, 0) is 28.7 Å². The van der Waals surface area contributed by atoms with Crippen molar-refractivity contribution in [2.45, 2.75) is 0 Å². The summed E-state index contributed by atoms with van der Waals surface area (Å²) in [6.07, 6.45) is 3.01. The maximum Gasteiger partial charge on any atom is 0.150 e. The van der Waals surface area contributed by atoms with Gasteiger partial charge in [0.05, 0.1) is 5.39 Å². The van der Waals surface area contributed by atoms with E-state index in [4.69, 9.17) is 0 Å². The van der Waals surface area contributed by atoms with Gasteiger partial charge in [0.25, 0.3) is 0 Å². The highest BCUT2D eigenvalue weighted by Crippen LogP contribution is 2.16. The zero-order chi connectivity index (χ0) is 7.84. The fourth-order valence-corrected chi connectivity index (χ4v) is 1.40. The van der Waals surface area contributed by atoms with Crippen LogP contribution in [0.4, 0.5) is 4.39 Å². The summed E-state index contributed by atoms with van der Waals surface area (Å²) in [5.41, 5.74) is 0.600. The molecule has 56 valence electrons. The first kappa shape index (κ1) is 7.02. The Labute approximate surface area is 76.0 Å². The molecule has 0 spiro atoms. The summed E-state index contributed by atoms with van der Waals surface area (Å²) in [7, 11) is 0. The molecule has 1 N–H and O–H groups in total. The van der Waals surface area contributed by atoms with Gasteiger partial charge in [-0.25, -0.2) is 9.37 Å². The fraction of sp³-hybridized carbons (Fsp3) is 0. The zero-order valence-electron chi connectivity index (χ0n) is 5.44. The normalized spacial score (nSPS) is 10.7. The quantitative estimate of drug-likeness (QED) is 0.725. The lowest BCUT2D eigenvalue weighted by Crippen LogP contribution is -1.77. The number of rotatable bonds is 0. The Kier molecular flexibility index (Phi) is 1.56. The predicted molar refractivity (Wildman–Crippen MR) is 48.8 cm³/mol. The molecular formula is C7H4FIN2. The van der Waals surface area contributed by atoms with Crippen LogP contribution in [0.3, 0.4) is 0 Å². The highest BCUT2D eigenvalue weighted by molar-refractivity contribution is 14.1. The van der Waals surface area contributed by atoms with Crippen LogP contribution in [0.1, 0.15) is 0 Å². The molecule has 0 aliphatic carbocycles. The Hall–Kier alpha value is -0.650. The third-order valence-corrected chi connectivity index (χ3v) is 2.04. The van der Waals surface area contributed by atoms with E-state index in [1.165, 1.54) is 6.20 Å². The highest BCUT2D eigenvalue weighted by Gasteiger charge is 2.02. The van der Waals surface area contributed by atoms with Gasteiger partial charge in [-0.15, -0.1) is 0 Å². The molecule has 0 aliphatic heterocycles. The minimum Gasteiger partial charge on any atom is -0.343 e. The van der Waals surface area contributed by atoms with Crippen molar-refractivity contribution in [3.63, 3.8) is 0 Å². The first-order valence-electron chi connectivity index (χ1n) is 3.05. The SMILES string of the molecule is Fc1c[nH]c2ncc(I)cc12. The van der Waals surface area contributed by atoms with E-state index in [9.17, 15) is 4.39 Å². The third-order valence-electron chi connectivity index (χ3n) is 1.45. The van der Waals surface area contributed by atoms with Gasteiger partial charge < -0.3 is 4.98 Å². The molecule has 0 bridgehead atoms. The van der Waals surface area contributed by atoms with Crippen LogP contribution in [0.2, 0.25) is 0 Å². The average molecular weight is 262 g/mol. The maximum atomic E-state index is 12.9. The van der Waals surface area contributed by atoms with Gasteiger partial charge in [-0.3, -0.25) is 0 Å². The summed E-state index contributed by atoms with van der Waals surface area (Å²) >= 11 is 2.10. The molecule has 2 heterocycles. The largest absolute Gasteiger partial charge is 0.343 e. The molecule has 2 aromatic rings. The van der Waals surface area contributed by atoms with Crippen molar-refractivity contribution in [3.05, 3.63) is 27.8 Å². The second-order valence-electron chi connectivity index (χ2n) is 2.19. The Balaban J connectivity index is 2.87. The van der Waals surface area contributed by atoms with Crippen LogP contribution >= 0.6 is 22.6 Å². The average Bonchev–Trinajstić information content (AvgIpc) is 2.33. The molecule has 4 heteroatoms. The van der Waals surface area contributed by atoms with E-state index >= 15 is 0 Å². The van der Waals surface area contributed by atoms with Gasteiger partial charge in [0.15, 0.2) is 0 Å². The first-order valence-corrected chi connectivity index (χ1v) is 4.13. The second-order valence-corrected chi connectivity index (χ2v) is 3.43. The molecule has 2 nitrogen and oxygen atoms in total. The Morgan fingerprint density at radius 3 is 3.18 bits per heavy atom. The minimum atomic E-state index is -0.244. The van der Waals surface area contributed by atoms with Crippen LogP contribution in [0.15, 0.2) is 18.5 Å². The summed E-state index contributed by atoms with van der Waals surface area (Å²) in [4.78, 5) is 6.72. The van der Waals surface area contributed by atoms with Crippen molar-refractivity contribution < 1.29 is 4.39 Å². The summed E-state index contributed by atoms with van der Waals surface area (Å²) in [6.45, 7) is 0. The van der Waals surface area contributed by atoms with Gasteiger partial charge >= 0.3 is 0 Å². The third kappa shape index (κ3) is 1.11. The number of hydrogen-bond acceptors (Lipinski definition) is 1. The van der Waals surface area contributed by atoms with Crippen LogP contribution < -0.4 is 0 Å². The van der Waals surface area contributed by atoms with Gasteiger partial charge in [-0.1, -0.05) is 0 Å². The smallest absolute Gasteiger partial charge is 0.150 e. The number of hydrogen-bond donors (Lipinski definition) is 1. The van der Waals surface area contributed by atoms with E-state index in [0.717, 1.165) is 3.57 Å². The number of nitrogens with zero attached hydrogens (tertiary/aromatic N) is 1. The topological polar surface area (TPSA) is 28.7 Å². The van der Waals surface area contributed by atoms with Crippen LogP contribution in [0, 0.1) is 9.39 Å². The highest BCUT2D eigenvalue weighted by atomic mass is 127. The molecule has 0 unspecified atom stereocenters. The lowest BCUT2D eigenvalue weighted by Gasteiger charge is -1.89. The van der Waals surface area contributed by atoms with Crippen LogP contribution in [-0.4, -0.2) is 9.97 Å². The van der Waals surface area contributed by atoms with Crippen molar-refractivity contribution in [1.29, 1.82) is 0 Å². The lowest BCUT2D eigenvalue weighted by molar-refractivity contribution is 0.639. The molecule has 0 fully saturated rings. The van der Waals surface area contributed by atoms with E-state index in [0.29, 0.717) is 11.0 Å². The van der Waals surface area contributed by atoms with E-state index in [-0.39, 0.29) is 5.82 Å². The molecule has 0 saturated heterocycles. The number of nitrogens with one attached hydrogen (secondary N) is 1. The van der Waals surface area contributed by atoms with Crippen molar-refractivity contribution >= 4 is 33.6 Å². The summed E-state index contributed by atoms with van der Waals surface area (Å²) < 4.78 is 13.8. The van der Waals surface area contributed by atoms with E-state index in [2.05, 4.69) is 32.6 Å². The van der Waals surface area contributed by atoms with Crippen molar-refractivity contribution in [2.24, 2.45) is 0 Å². The Morgan fingerprint density at radius 1 is 1.55 bits per heavy atom. The van der Waals surface area contributed by atoms with Gasteiger partial charge in [0.2, 0.25) is 0 Å². The number of aromatic nitrogens is 2. The monoisotopic (exact) mass is 262 g/mol. The van der Waals surface area contributed by atoms with Crippen molar-refractivity contribution in [3.8, 4) is 0 Å². The van der Waals surface area contributed by atoms with Crippen molar-refractivity contribution in [2.75, 3.05) is 0 Å². The first-order chi connectivity index (χ1) is 5.27. The van der Waals surface area contributed by atoms with Gasteiger partial charge in [0.1, 0.15) is 11.5 Å². The molecule has 2 rings (SSSR count). The predicted octanol–water partition coefficient (Wildman–Crippen LogP) is 2.31. The second kappa shape index (κ2) is 2.44. The summed E-state index contributed by atoms with van der Waals surface area (Å²) in [5.74, 6) is -0.244. The molecule has 0 saturated carbocycles. The number of aromatic amines is 1. The van der Waals surface area contributed by atoms with E-state index in [1.807, 2.05) is 0 Å². The van der Waals surface area contributed by atoms with E-state index in [1.54, 1.807) is 12.3 Å². The van der Waals surface area contributed by atoms with Gasteiger partial charge in [-0.2, -0.15) is 0 Å². The molecule has 11 heavy (non-hydrogen) atoms. The lowest BCUT2D eigenvalue weighted by atomic mass is 10.3. The zero-order valence-corrected chi connectivity index (χ0v) is 7.59. The fourth-order valence-electron chi connectivity index (χ4n) is 0.946. The molecule has 0 aliphatic rings. The molecule has 0 aromatic carbocycles. The number of halogens is 2. The summed E-state index contributed by atoms with van der Waals surface area (Å²) in [5, 5.41) is 0.553. The number of pyridine rings is 1. The van der Waals surface area contributed by atoms with Gasteiger partial charge in [0, 0.05) is 16.0 Å². The van der Waals surface area contributed by atoms with Crippen LogP contribution in [-0.2, 0) is 0 Å². The Morgan fingerprint density at radius 2 is 2.36 bits per heavy atom. The Bertz CT molecular complexity index is 396.